The molecule has 5 rings (SSSR count). The van der Waals surface area contributed by atoms with E-state index in [9.17, 15) is 4.79 Å². The van der Waals surface area contributed by atoms with E-state index in [2.05, 4.69) is 11.0 Å². The smallest absolute Gasteiger partial charge is 0.227 e. The van der Waals surface area contributed by atoms with Crippen LogP contribution >= 0.6 is 11.6 Å². The average molecular weight is 411 g/mol. The molecule has 1 aromatic heterocycles. The van der Waals surface area contributed by atoms with Crippen molar-refractivity contribution in [2.24, 2.45) is 0 Å². The Morgan fingerprint density at radius 1 is 1.07 bits per heavy atom. The Balaban J connectivity index is 1.26. The van der Waals surface area contributed by atoms with E-state index in [0.29, 0.717) is 6.42 Å². The lowest BCUT2D eigenvalue weighted by Crippen LogP contribution is -2.49. The number of carbonyl (C=O) groups is 1. The number of benzene rings is 2. The van der Waals surface area contributed by atoms with E-state index in [1.54, 1.807) is 6.26 Å². The second-order valence-electron chi connectivity index (χ2n) is 7.69. The van der Waals surface area contributed by atoms with Crippen molar-refractivity contribution in [2.45, 2.75) is 19.3 Å². The van der Waals surface area contributed by atoms with Gasteiger partial charge in [0.25, 0.3) is 0 Å². The molecule has 0 saturated carbocycles. The van der Waals surface area contributed by atoms with Gasteiger partial charge in [0, 0.05) is 53.9 Å². The van der Waals surface area contributed by atoms with Gasteiger partial charge in [-0.2, -0.15) is 0 Å². The van der Waals surface area contributed by atoms with Gasteiger partial charge in [0.15, 0.2) is 0 Å². The molecular weight excluding hydrogens is 388 g/mol. The SMILES string of the molecule is O=C(Cc1coc2cc3c(cc12)CCCO3)N1CCN(c2ccc(Cl)cc2)CC1. The molecule has 3 heterocycles. The van der Waals surface area contributed by atoms with Gasteiger partial charge in [-0.3, -0.25) is 4.79 Å². The minimum atomic E-state index is 0.150. The summed E-state index contributed by atoms with van der Waals surface area (Å²) in [6.45, 7) is 3.85. The highest BCUT2D eigenvalue weighted by Gasteiger charge is 2.23. The molecule has 0 radical (unpaired) electrons. The number of halogens is 1. The number of rotatable bonds is 3. The van der Waals surface area contributed by atoms with Gasteiger partial charge in [0.05, 0.1) is 19.3 Å². The highest BCUT2D eigenvalue weighted by atomic mass is 35.5. The van der Waals surface area contributed by atoms with Gasteiger partial charge in [-0.1, -0.05) is 11.6 Å². The van der Waals surface area contributed by atoms with Crippen LogP contribution in [0.25, 0.3) is 11.0 Å². The summed E-state index contributed by atoms with van der Waals surface area (Å²) < 4.78 is 11.4. The molecule has 5 nitrogen and oxygen atoms in total. The summed E-state index contributed by atoms with van der Waals surface area (Å²) in [5.74, 6) is 1.06. The highest BCUT2D eigenvalue weighted by molar-refractivity contribution is 6.30. The molecule has 3 aromatic rings. The topological polar surface area (TPSA) is 45.9 Å². The second kappa shape index (κ2) is 7.64. The van der Waals surface area contributed by atoms with Crippen LogP contribution in [0.15, 0.2) is 47.1 Å². The summed E-state index contributed by atoms with van der Waals surface area (Å²) in [4.78, 5) is 17.2. The van der Waals surface area contributed by atoms with E-state index in [0.717, 1.165) is 78.6 Å². The third kappa shape index (κ3) is 3.67. The number of anilines is 1. The molecule has 1 amide bonds. The molecule has 29 heavy (non-hydrogen) atoms. The minimum absolute atomic E-state index is 0.150. The Hall–Kier alpha value is -2.66. The van der Waals surface area contributed by atoms with Crippen molar-refractivity contribution < 1.29 is 13.9 Å². The fourth-order valence-electron chi connectivity index (χ4n) is 4.20. The van der Waals surface area contributed by atoms with E-state index in [1.165, 1.54) is 5.56 Å². The maximum atomic E-state index is 12.9. The van der Waals surface area contributed by atoms with E-state index >= 15 is 0 Å². The summed E-state index contributed by atoms with van der Waals surface area (Å²) in [5.41, 5.74) is 4.10. The summed E-state index contributed by atoms with van der Waals surface area (Å²) in [5, 5.41) is 1.77. The molecule has 0 N–H and O–H groups in total. The fourth-order valence-corrected chi connectivity index (χ4v) is 4.33. The molecule has 0 unspecified atom stereocenters. The molecule has 2 aliphatic heterocycles. The van der Waals surface area contributed by atoms with Crippen molar-refractivity contribution in [2.75, 3.05) is 37.7 Å². The normalized spacial score (nSPS) is 16.6. The summed E-state index contributed by atoms with van der Waals surface area (Å²) in [7, 11) is 0. The average Bonchev–Trinajstić information content (AvgIpc) is 3.14. The van der Waals surface area contributed by atoms with Crippen LogP contribution in [-0.2, 0) is 17.6 Å². The monoisotopic (exact) mass is 410 g/mol. The molecule has 0 spiro atoms. The first-order valence-electron chi connectivity index (χ1n) is 10.1. The highest BCUT2D eigenvalue weighted by Crippen LogP contribution is 2.33. The number of ether oxygens (including phenoxy) is 1. The molecule has 1 fully saturated rings. The molecular formula is C23H23ClN2O3. The van der Waals surface area contributed by atoms with Crippen LogP contribution < -0.4 is 9.64 Å². The van der Waals surface area contributed by atoms with Crippen molar-refractivity contribution in [3.63, 3.8) is 0 Å². The standard InChI is InChI=1S/C23H23ClN2O3/c24-18-3-5-19(6-4-18)25-7-9-26(10-8-25)23(27)13-17-15-29-22-14-21-16(12-20(17)22)2-1-11-28-21/h3-6,12,14-15H,1-2,7-11,13H2. The zero-order chi connectivity index (χ0) is 19.8. The Kier molecular flexibility index (Phi) is 4.84. The third-order valence-corrected chi connectivity index (χ3v) is 6.10. The molecule has 0 atom stereocenters. The van der Waals surface area contributed by atoms with Crippen molar-refractivity contribution in [1.82, 2.24) is 4.90 Å². The number of hydrogen-bond donors (Lipinski definition) is 0. The van der Waals surface area contributed by atoms with Crippen molar-refractivity contribution in [3.8, 4) is 5.75 Å². The summed E-state index contributed by atoms with van der Waals surface area (Å²) >= 11 is 5.98. The van der Waals surface area contributed by atoms with Gasteiger partial charge in [-0.15, -0.1) is 0 Å². The van der Waals surface area contributed by atoms with Crippen molar-refractivity contribution in [3.05, 3.63) is 58.8 Å². The molecule has 2 aromatic carbocycles. The molecule has 2 aliphatic rings. The number of amides is 1. The Labute approximate surface area is 174 Å². The molecule has 1 saturated heterocycles. The number of fused-ring (bicyclic) bond motifs is 2. The summed E-state index contributed by atoms with van der Waals surface area (Å²) in [6.07, 6.45) is 4.13. The van der Waals surface area contributed by atoms with Crippen molar-refractivity contribution in [1.29, 1.82) is 0 Å². The Bertz CT molecular complexity index is 1040. The van der Waals surface area contributed by atoms with E-state index < -0.39 is 0 Å². The predicted octanol–water partition coefficient (Wildman–Crippen LogP) is 4.30. The van der Waals surface area contributed by atoms with Gasteiger partial charge in [-0.05, 0) is 48.7 Å². The largest absolute Gasteiger partial charge is 0.493 e. The van der Waals surface area contributed by atoms with Crippen LogP contribution in [0, 0.1) is 0 Å². The van der Waals surface area contributed by atoms with Gasteiger partial charge in [-0.25, -0.2) is 0 Å². The minimum Gasteiger partial charge on any atom is -0.493 e. The molecule has 150 valence electrons. The van der Waals surface area contributed by atoms with Gasteiger partial charge in [0.1, 0.15) is 11.3 Å². The lowest BCUT2D eigenvalue weighted by Gasteiger charge is -2.36. The van der Waals surface area contributed by atoms with Crippen molar-refractivity contribution >= 4 is 34.2 Å². The third-order valence-electron chi connectivity index (χ3n) is 5.85. The zero-order valence-electron chi connectivity index (χ0n) is 16.2. The first-order chi connectivity index (χ1) is 14.2. The fraction of sp³-hybridized carbons (Fsp3) is 0.348. The number of piperazine rings is 1. The maximum absolute atomic E-state index is 12.9. The number of nitrogens with zero attached hydrogens (tertiary/aromatic N) is 2. The number of aryl methyl sites for hydroxylation is 1. The molecule has 0 bridgehead atoms. The summed E-state index contributed by atoms with van der Waals surface area (Å²) in [6, 6.07) is 12.0. The predicted molar refractivity (Wildman–Crippen MR) is 114 cm³/mol. The Morgan fingerprint density at radius 3 is 2.66 bits per heavy atom. The zero-order valence-corrected chi connectivity index (χ0v) is 17.0. The van der Waals surface area contributed by atoms with E-state index in [-0.39, 0.29) is 5.91 Å². The van der Waals surface area contributed by atoms with E-state index in [1.807, 2.05) is 35.2 Å². The van der Waals surface area contributed by atoms with Crippen LogP contribution in [0.4, 0.5) is 5.69 Å². The Morgan fingerprint density at radius 2 is 1.86 bits per heavy atom. The maximum Gasteiger partial charge on any atom is 0.227 e. The lowest BCUT2D eigenvalue weighted by molar-refractivity contribution is -0.130. The number of furan rings is 1. The second-order valence-corrected chi connectivity index (χ2v) is 8.13. The molecule has 0 aliphatic carbocycles. The number of hydrogen-bond acceptors (Lipinski definition) is 4. The first kappa shape index (κ1) is 18.4. The van der Waals surface area contributed by atoms with Crippen LogP contribution in [0.2, 0.25) is 5.02 Å². The quantitative estimate of drug-likeness (QED) is 0.645. The van der Waals surface area contributed by atoms with Crippen LogP contribution in [0.3, 0.4) is 0 Å². The van der Waals surface area contributed by atoms with Crippen LogP contribution in [-0.4, -0.2) is 43.6 Å². The molecule has 6 heteroatoms. The van der Waals surface area contributed by atoms with Crippen LogP contribution in [0.1, 0.15) is 17.5 Å². The van der Waals surface area contributed by atoms with Gasteiger partial charge < -0.3 is 19.0 Å². The number of carbonyl (C=O) groups excluding carboxylic acids is 1. The lowest BCUT2D eigenvalue weighted by atomic mass is 10.0. The first-order valence-corrected chi connectivity index (χ1v) is 10.5. The van der Waals surface area contributed by atoms with Gasteiger partial charge >= 0.3 is 0 Å². The van der Waals surface area contributed by atoms with E-state index in [4.69, 9.17) is 20.8 Å². The van der Waals surface area contributed by atoms with Gasteiger partial charge in [0.2, 0.25) is 5.91 Å². The van der Waals surface area contributed by atoms with Crippen LogP contribution in [0.5, 0.6) is 5.75 Å².